The van der Waals surface area contributed by atoms with Crippen LogP contribution in [0.5, 0.6) is 0 Å². The summed E-state index contributed by atoms with van der Waals surface area (Å²) in [5, 5.41) is 0. The zero-order chi connectivity index (χ0) is 21.0. The summed E-state index contributed by atoms with van der Waals surface area (Å²) in [6.45, 7) is 5.63. The Morgan fingerprint density at radius 1 is 0.828 bits per heavy atom. The largest absolute Gasteiger partial charge is 0.271 e. The lowest BCUT2D eigenvalue weighted by molar-refractivity contribution is -0.113. The van der Waals surface area contributed by atoms with Crippen LogP contribution in [0.25, 0.3) is 6.08 Å². The van der Waals surface area contributed by atoms with Gasteiger partial charge >= 0.3 is 0 Å². The van der Waals surface area contributed by atoms with Crippen LogP contribution in [0.1, 0.15) is 22.3 Å². The molecule has 0 aliphatic rings. The molecule has 0 radical (unpaired) electrons. The van der Waals surface area contributed by atoms with E-state index in [0.717, 1.165) is 21.0 Å². The first-order chi connectivity index (χ1) is 13.8. The molecule has 0 saturated heterocycles. The molecule has 0 aliphatic heterocycles. The predicted molar refractivity (Wildman–Crippen MR) is 117 cm³/mol. The highest BCUT2D eigenvalue weighted by molar-refractivity contribution is 7.93. The van der Waals surface area contributed by atoms with Crippen molar-refractivity contribution in [3.05, 3.63) is 101 Å². The van der Waals surface area contributed by atoms with Gasteiger partial charge in [0.2, 0.25) is 0 Å². The molecule has 5 heteroatoms. The second-order valence-corrected chi connectivity index (χ2v) is 8.74. The van der Waals surface area contributed by atoms with Crippen molar-refractivity contribution >= 4 is 27.7 Å². The normalized spacial score (nSPS) is 11.6. The molecule has 0 aliphatic carbocycles. The molecule has 0 heterocycles. The summed E-state index contributed by atoms with van der Waals surface area (Å²) in [6.07, 6.45) is 2.92. The fourth-order valence-corrected chi connectivity index (χ4v) is 4.38. The number of carbonyl (C=O) groups excluding carboxylic acids is 1. The molecular weight excluding hydrogens is 382 g/mol. The molecule has 0 unspecified atom stereocenters. The minimum Gasteiger partial charge on any atom is -0.268 e. The average Bonchev–Trinajstić information content (AvgIpc) is 2.71. The van der Waals surface area contributed by atoms with E-state index in [4.69, 9.17) is 0 Å². The first-order valence-corrected chi connectivity index (χ1v) is 10.7. The molecule has 148 valence electrons. The number of hydrogen-bond acceptors (Lipinski definition) is 3. The molecule has 0 N–H and O–H groups in total. The third-order valence-electron chi connectivity index (χ3n) is 4.56. The van der Waals surface area contributed by atoms with E-state index in [9.17, 15) is 13.2 Å². The molecule has 0 aromatic heterocycles. The van der Waals surface area contributed by atoms with Gasteiger partial charge in [-0.25, -0.2) is 8.42 Å². The van der Waals surface area contributed by atoms with E-state index in [0.29, 0.717) is 11.3 Å². The van der Waals surface area contributed by atoms with Crippen LogP contribution in [0.15, 0.2) is 83.8 Å². The highest BCUT2D eigenvalue weighted by Gasteiger charge is 2.30. The summed E-state index contributed by atoms with van der Waals surface area (Å²) < 4.78 is 27.6. The molecule has 0 atom stereocenters. The van der Waals surface area contributed by atoms with Crippen molar-refractivity contribution in [2.45, 2.75) is 25.7 Å². The summed E-state index contributed by atoms with van der Waals surface area (Å²) in [5.41, 5.74) is 3.85. The molecular formula is C24H23NO3S. The summed E-state index contributed by atoms with van der Waals surface area (Å²) in [7, 11) is -4.07. The second kappa shape index (κ2) is 8.45. The maximum atomic E-state index is 13.4. The standard InChI is InChI=1S/C24H23NO3S/c1-18-10-13-21(14-11-18)15-16-24(26)25(23-17-19(2)9-12-20(23)3)29(27,28)22-7-5-4-6-8-22/h4-17H,1-3H3/b16-15+. The van der Waals surface area contributed by atoms with E-state index in [1.165, 1.54) is 18.2 Å². The van der Waals surface area contributed by atoms with Gasteiger partial charge in [0, 0.05) is 6.08 Å². The Hall–Kier alpha value is -3.18. The maximum absolute atomic E-state index is 13.4. The van der Waals surface area contributed by atoms with E-state index in [1.54, 1.807) is 37.3 Å². The molecule has 4 nitrogen and oxygen atoms in total. The van der Waals surface area contributed by atoms with Crippen LogP contribution >= 0.6 is 0 Å². The fraction of sp³-hybridized carbons (Fsp3) is 0.125. The zero-order valence-electron chi connectivity index (χ0n) is 16.7. The zero-order valence-corrected chi connectivity index (χ0v) is 17.5. The number of anilines is 1. The monoisotopic (exact) mass is 405 g/mol. The number of rotatable bonds is 5. The van der Waals surface area contributed by atoms with Gasteiger partial charge < -0.3 is 0 Å². The van der Waals surface area contributed by atoms with Crippen molar-refractivity contribution in [1.82, 2.24) is 0 Å². The van der Waals surface area contributed by atoms with E-state index in [2.05, 4.69) is 0 Å². The quantitative estimate of drug-likeness (QED) is 0.558. The first kappa shape index (κ1) is 20.6. The number of nitrogens with zero attached hydrogens (tertiary/aromatic N) is 1. The number of amides is 1. The highest BCUT2D eigenvalue weighted by atomic mass is 32.2. The highest BCUT2D eigenvalue weighted by Crippen LogP contribution is 2.28. The van der Waals surface area contributed by atoms with Crippen LogP contribution in [-0.4, -0.2) is 14.3 Å². The molecule has 3 aromatic rings. The Morgan fingerprint density at radius 2 is 1.45 bits per heavy atom. The third kappa shape index (κ3) is 4.63. The number of hydrogen-bond donors (Lipinski definition) is 0. The molecule has 0 bridgehead atoms. The number of benzene rings is 3. The lowest BCUT2D eigenvalue weighted by Gasteiger charge is -2.23. The van der Waals surface area contributed by atoms with Crippen LogP contribution < -0.4 is 4.31 Å². The Kier molecular flexibility index (Phi) is 5.99. The molecule has 0 fully saturated rings. The second-order valence-electron chi connectivity index (χ2n) is 6.95. The van der Waals surface area contributed by atoms with Crippen molar-refractivity contribution in [3.63, 3.8) is 0 Å². The summed E-state index contributed by atoms with van der Waals surface area (Å²) in [6, 6.07) is 21.1. The van der Waals surface area contributed by atoms with Gasteiger partial charge in [0.25, 0.3) is 15.9 Å². The van der Waals surface area contributed by atoms with Crippen LogP contribution in [0, 0.1) is 20.8 Å². The van der Waals surface area contributed by atoms with E-state index >= 15 is 0 Å². The van der Waals surface area contributed by atoms with E-state index in [1.807, 2.05) is 50.2 Å². The Morgan fingerprint density at radius 3 is 2.10 bits per heavy atom. The SMILES string of the molecule is Cc1ccc(/C=C/C(=O)N(c2cc(C)ccc2C)S(=O)(=O)c2ccccc2)cc1. The minimum absolute atomic E-state index is 0.0676. The van der Waals surface area contributed by atoms with Gasteiger partial charge in [-0.2, -0.15) is 4.31 Å². The lowest BCUT2D eigenvalue weighted by Crippen LogP contribution is -2.36. The topological polar surface area (TPSA) is 54.5 Å². The van der Waals surface area contributed by atoms with Crippen molar-refractivity contribution in [3.8, 4) is 0 Å². The Labute approximate surface area is 172 Å². The smallest absolute Gasteiger partial charge is 0.268 e. The van der Waals surface area contributed by atoms with Gasteiger partial charge in [0.15, 0.2) is 0 Å². The van der Waals surface area contributed by atoms with Crippen molar-refractivity contribution in [2.75, 3.05) is 4.31 Å². The Balaban J connectivity index is 2.09. The summed E-state index contributed by atoms with van der Waals surface area (Å²) >= 11 is 0. The molecule has 1 amide bonds. The van der Waals surface area contributed by atoms with Crippen molar-refractivity contribution in [2.24, 2.45) is 0 Å². The van der Waals surface area contributed by atoms with Crippen LogP contribution in [-0.2, 0) is 14.8 Å². The number of sulfonamides is 1. The molecule has 29 heavy (non-hydrogen) atoms. The molecule has 0 spiro atoms. The average molecular weight is 406 g/mol. The maximum Gasteiger partial charge on any atom is 0.271 e. The minimum atomic E-state index is -4.07. The van der Waals surface area contributed by atoms with E-state index < -0.39 is 15.9 Å². The number of carbonyl (C=O) groups is 1. The van der Waals surface area contributed by atoms with Gasteiger partial charge in [-0.15, -0.1) is 0 Å². The lowest BCUT2D eigenvalue weighted by atomic mass is 10.1. The van der Waals surface area contributed by atoms with Crippen LogP contribution in [0.3, 0.4) is 0 Å². The molecule has 3 aromatic carbocycles. The Bertz CT molecular complexity index is 1150. The molecule has 0 saturated carbocycles. The van der Waals surface area contributed by atoms with Crippen LogP contribution in [0.2, 0.25) is 0 Å². The summed E-state index contributed by atoms with van der Waals surface area (Å²) in [4.78, 5) is 13.2. The van der Waals surface area contributed by atoms with Gasteiger partial charge in [-0.05, 0) is 61.7 Å². The van der Waals surface area contributed by atoms with Crippen LogP contribution in [0.4, 0.5) is 5.69 Å². The van der Waals surface area contributed by atoms with Gasteiger partial charge in [0.1, 0.15) is 0 Å². The summed E-state index contributed by atoms with van der Waals surface area (Å²) in [5.74, 6) is -0.622. The number of aryl methyl sites for hydroxylation is 3. The van der Waals surface area contributed by atoms with Crippen molar-refractivity contribution < 1.29 is 13.2 Å². The third-order valence-corrected chi connectivity index (χ3v) is 6.29. The van der Waals surface area contributed by atoms with Gasteiger partial charge in [-0.3, -0.25) is 4.79 Å². The predicted octanol–water partition coefficient (Wildman–Crippen LogP) is 5.05. The van der Waals surface area contributed by atoms with Gasteiger partial charge in [0.05, 0.1) is 10.6 Å². The fourth-order valence-electron chi connectivity index (χ4n) is 2.92. The molecule has 3 rings (SSSR count). The first-order valence-electron chi connectivity index (χ1n) is 9.25. The van der Waals surface area contributed by atoms with Gasteiger partial charge in [-0.1, -0.05) is 60.2 Å². The van der Waals surface area contributed by atoms with Crippen molar-refractivity contribution in [1.29, 1.82) is 0 Å². The van der Waals surface area contributed by atoms with E-state index in [-0.39, 0.29) is 4.90 Å².